The fourth-order valence-electron chi connectivity index (χ4n) is 1.61. The van der Waals surface area contributed by atoms with Crippen LogP contribution in [0.1, 0.15) is 12.6 Å². The van der Waals surface area contributed by atoms with Crippen molar-refractivity contribution in [2.75, 3.05) is 19.0 Å². The van der Waals surface area contributed by atoms with Crippen LogP contribution in [0.2, 0.25) is 0 Å². The number of rotatable bonds is 4. The van der Waals surface area contributed by atoms with Gasteiger partial charge in [0, 0.05) is 30.1 Å². The Balaban J connectivity index is 2.36. The van der Waals surface area contributed by atoms with Gasteiger partial charge in [-0.15, -0.1) is 0 Å². The van der Waals surface area contributed by atoms with E-state index in [2.05, 4.69) is 20.3 Å². The molecule has 0 aliphatic carbocycles. The van der Waals surface area contributed by atoms with Gasteiger partial charge in [-0.1, -0.05) is 0 Å². The first-order chi connectivity index (χ1) is 8.72. The number of hydrogen-bond acceptors (Lipinski definition) is 5. The van der Waals surface area contributed by atoms with Gasteiger partial charge in [-0.2, -0.15) is 0 Å². The first-order valence-electron chi connectivity index (χ1n) is 5.83. The van der Waals surface area contributed by atoms with Crippen LogP contribution in [0.3, 0.4) is 0 Å². The van der Waals surface area contributed by atoms with Gasteiger partial charge in [0.1, 0.15) is 0 Å². The number of aromatic nitrogens is 3. The molecule has 2 aromatic rings. The van der Waals surface area contributed by atoms with Crippen molar-refractivity contribution in [3.05, 3.63) is 30.1 Å². The number of ether oxygens (including phenoxy) is 1. The zero-order chi connectivity index (χ0) is 13.0. The van der Waals surface area contributed by atoms with E-state index in [0.29, 0.717) is 11.8 Å². The lowest BCUT2D eigenvalue weighted by Crippen LogP contribution is -2.04. The summed E-state index contributed by atoms with van der Waals surface area (Å²) in [6.45, 7) is 4.76. The van der Waals surface area contributed by atoms with E-state index in [4.69, 9.17) is 4.74 Å². The van der Waals surface area contributed by atoms with Gasteiger partial charge in [0.15, 0.2) is 0 Å². The lowest BCUT2D eigenvalue weighted by Gasteiger charge is -2.07. The molecule has 0 fully saturated rings. The summed E-state index contributed by atoms with van der Waals surface area (Å²) in [7, 11) is 1.60. The molecule has 0 unspecified atom stereocenters. The summed E-state index contributed by atoms with van der Waals surface area (Å²) in [5.74, 6) is 1.24. The molecular formula is C13H16N4O. The smallest absolute Gasteiger partial charge is 0.223 e. The summed E-state index contributed by atoms with van der Waals surface area (Å²) in [4.78, 5) is 12.9. The van der Waals surface area contributed by atoms with Gasteiger partial charge in [0.2, 0.25) is 11.8 Å². The van der Waals surface area contributed by atoms with Crippen LogP contribution in [-0.4, -0.2) is 28.6 Å². The minimum atomic E-state index is 0.594. The Morgan fingerprint density at radius 1 is 1.28 bits per heavy atom. The molecule has 2 rings (SSSR count). The normalized spacial score (nSPS) is 10.2. The average Bonchev–Trinajstić information content (AvgIpc) is 2.38. The Morgan fingerprint density at radius 3 is 2.72 bits per heavy atom. The van der Waals surface area contributed by atoms with Gasteiger partial charge in [-0.25, -0.2) is 15.0 Å². The predicted octanol–water partition coefficient (Wildman–Crippen LogP) is 2.29. The third-order valence-corrected chi connectivity index (χ3v) is 2.43. The maximum atomic E-state index is 5.03. The molecule has 18 heavy (non-hydrogen) atoms. The molecule has 0 aliphatic heterocycles. The maximum absolute atomic E-state index is 5.03. The van der Waals surface area contributed by atoms with Crippen LogP contribution in [0.15, 0.2) is 24.4 Å². The van der Waals surface area contributed by atoms with Gasteiger partial charge in [-0.05, 0) is 26.0 Å². The Kier molecular flexibility index (Phi) is 3.72. The Bertz CT molecular complexity index is 525. The van der Waals surface area contributed by atoms with Gasteiger partial charge in [-0.3, -0.25) is 0 Å². The molecular weight excluding hydrogens is 228 g/mol. The molecule has 0 aromatic carbocycles. The summed E-state index contributed by atoms with van der Waals surface area (Å²) in [5.41, 5.74) is 2.72. The van der Waals surface area contributed by atoms with Crippen molar-refractivity contribution in [2.24, 2.45) is 0 Å². The second kappa shape index (κ2) is 5.44. The van der Waals surface area contributed by atoms with E-state index in [0.717, 1.165) is 23.5 Å². The monoisotopic (exact) mass is 244 g/mol. The van der Waals surface area contributed by atoms with Gasteiger partial charge < -0.3 is 10.1 Å². The van der Waals surface area contributed by atoms with E-state index in [1.807, 2.05) is 32.0 Å². The minimum absolute atomic E-state index is 0.594. The van der Waals surface area contributed by atoms with E-state index in [9.17, 15) is 0 Å². The van der Waals surface area contributed by atoms with E-state index < -0.39 is 0 Å². The van der Waals surface area contributed by atoms with Crippen LogP contribution in [0.25, 0.3) is 11.3 Å². The zero-order valence-corrected chi connectivity index (χ0v) is 10.8. The summed E-state index contributed by atoms with van der Waals surface area (Å²) in [6, 6.07) is 5.69. The highest BCUT2D eigenvalue weighted by Crippen LogP contribution is 2.20. The van der Waals surface area contributed by atoms with Crippen LogP contribution in [-0.2, 0) is 0 Å². The van der Waals surface area contributed by atoms with Crippen LogP contribution in [0, 0.1) is 6.92 Å². The molecule has 0 saturated carbocycles. The number of nitrogens with one attached hydrogen (secondary N) is 1. The quantitative estimate of drug-likeness (QED) is 0.894. The number of aryl methyl sites for hydroxylation is 1. The Morgan fingerprint density at radius 2 is 2.11 bits per heavy atom. The lowest BCUT2D eigenvalue weighted by atomic mass is 10.2. The molecule has 0 spiro atoms. The third-order valence-electron chi connectivity index (χ3n) is 2.43. The molecule has 1 N–H and O–H groups in total. The van der Waals surface area contributed by atoms with E-state index in [1.54, 1.807) is 13.3 Å². The van der Waals surface area contributed by atoms with E-state index >= 15 is 0 Å². The van der Waals surface area contributed by atoms with E-state index in [1.165, 1.54) is 0 Å². The largest absolute Gasteiger partial charge is 0.481 e. The van der Waals surface area contributed by atoms with Crippen molar-refractivity contribution in [1.82, 2.24) is 15.0 Å². The van der Waals surface area contributed by atoms with Crippen LogP contribution in [0.5, 0.6) is 5.88 Å². The molecule has 0 bridgehead atoms. The fraction of sp³-hybridized carbons (Fsp3) is 0.308. The van der Waals surface area contributed by atoms with Crippen molar-refractivity contribution < 1.29 is 4.74 Å². The second-order valence-corrected chi connectivity index (χ2v) is 3.84. The first-order valence-corrected chi connectivity index (χ1v) is 5.83. The second-order valence-electron chi connectivity index (χ2n) is 3.84. The number of hydrogen-bond donors (Lipinski definition) is 1. The zero-order valence-electron chi connectivity index (χ0n) is 10.8. The van der Waals surface area contributed by atoms with Crippen LogP contribution >= 0.6 is 0 Å². The molecule has 0 amide bonds. The molecule has 2 heterocycles. The van der Waals surface area contributed by atoms with Gasteiger partial charge in [0.05, 0.1) is 12.8 Å². The summed E-state index contributed by atoms with van der Waals surface area (Å²) in [5, 5.41) is 3.11. The molecule has 0 radical (unpaired) electrons. The highest BCUT2D eigenvalue weighted by Gasteiger charge is 2.05. The molecule has 0 aliphatic rings. The van der Waals surface area contributed by atoms with Crippen molar-refractivity contribution in [3.63, 3.8) is 0 Å². The number of pyridine rings is 1. The molecule has 0 saturated heterocycles. The molecule has 2 aromatic heterocycles. The standard InChI is InChI=1S/C13H16N4O/c1-4-14-13-16-9(2)7-11(17-13)10-5-6-12(18-3)15-8-10/h5-8H,4H2,1-3H3,(H,14,16,17). The highest BCUT2D eigenvalue weighted by molar-refractivity contribution is 5.60. The number of anilines is 1. The number of nitrogens with zero attached hydrogens (tertiary/aromatic N) is 3. The predicted molar refractivity (Wildman–Crippen MR) is 70.7 cm³/mol. The molecule has 5 nitrogen and oxygen atoms in total. The number of methoxy groups -OCH3 is 1. The first kappa shape index (κ1) is 12.3. The van der Waals surface area contributed by atoms with Gasteiger partial charge in [0.25, 0.3) is 0 Å². The van der Waals surface area contributed by atoms with E-state index in [-0.39, 0.29) is 0 Å². The molecule has 5 heteroatoms. The molecule has 94 valence electrons. The topological polar surface area (TPSA) is 59.9 Å². The van der Waals surface area contributed by atoms with Crippen molar-refractivity contribution in [1.29, 1.82) is 0 Å². The highest BCUT2D eigenvalue weighted by atomic mass is 16.5. The summed E-state index contributed by atoms with van der Waals surface area (Å²) in [6.07, 6.45) is 1.75. The lowest BCUT2D eigenvalue weighted by molar-refractivity contribution is 0.398. The van der Waals surface area contributed by atoms with Crippen molar-refractivity contribution in [2.45, 2.75) is 13.8 Å². The van der Waals surface area contributed by atoms with Crippen molar-refractivity contribution in [3.8, 4) is 17.1 Å². The SMILES string of the molecule is CCNc1nc(C)cc(-c2ccc(OC)nc2)n1. The minimum Gasteiger partial charge on any atom is -0.481 e. The van der Waals surface area contributed by atoms with Crippen LogP contribution < -0.4 is 10.1 Å². The van der Waals surface area contributed by atoms with Crippen molar-refractivity contribution >= 4 is 5.95 Å². The molecule has 0 atom stereocenters. The summed E-state index contributed by atoms with van der Waals surface area (Å²) >= 11 is 0. The average molecular weight is 244 g/mol. The van der Waals surface area contributed by atoms with Gasteiger partial charge >= 0.3 is 0 Å². The third kappa shape index (κ3) is 2.74. The summed E-state index contributed by atoms with van der Waals surface area (Å²) < 4.78 is 5.03. The Hall–Kier alpha value is -2.17. The fourth-order valence-corrected chi connectivity index (χ4v) is 1.61. The van der Waals surface area contributed by atoms with Crippen LogP contribution in [0.4, 0.5) is 5.95 Å². The maximum Gasteiger partial charge on any atom is 0.223 e. The Labute approximate surface area is 106 Å².